The third kappa shape index (κ3) is 3.28. The first-order valence-electron chi connectivity index (χ1n) is 7.45. The van der Waals surface area contributed by atoms with E-state index in [0.29, 0.717) is 18.7 Å². The maximum atomic E-state index is 12.6. The molecule has 2 aromatic rings. The molecule has 1 amide bonds. The molecule has 0 N–H and O–H groups in total. The van der Waals surface area contributed by atoms with Crippen molar-refractivity contribution in [3.8, 4) is 0 Å². The largest absolute Gasteiger partial charge is 0.336 e. The third-order valence-corrected chi connectivity index (χ3v) is 6.11. The summed E-state index contributed by atoms with van der Waals surface area (Å²) < 4.78 is 26.6. The van der Waals surface area contributed by atoms with Gasteiger partial charge in [-0.05, 0) is 24.3 Å². The summed E-state index contributed by atoms with van der Waals surface area (Å²) >= 11 is 5.95. The van der Waals surface area contributed by atoms with Crippen LogP contribution in [0.15, 0.2) is 53.6 Å². The first kappa shape index (κ1) is 16.9. The van der Waals surface area contributed by atoms with Crippen molar-refractivity contribution in [3.63, 3.8) is 0 Å². The molecule has 6 nitrogen and oxygen atoms in total. The lowest BCUT2D eigenvalue weighted by molar-refractivity contribution is 0.0697. The lowest BCUT2D eigenvalue weighted by atomic mass is 10.2. The van der Waals surface area contributed by atoms with Crippen LogP contribution in [0.4, 0.5) is 0 Å². The number of aromatic nitrogens is 1. The Labute approximate surface area is 145 Å². The van der Waals surface area contributed by atoms with E-state index >= 15 is 0 Å². The summed E-state index contributed by atoms with van der Waals surface area (Å²) in [6.45, 7) is 1.13. The molecule has 3 rings (SSSR count). The number of carbonyl (C=O) groups excluding carboxylic acids is 1. The van der Waals surface area contributed by atoms with Gasteiger partial charge in [0.05, 0.1) is 10.5 Å². The van der Waals surface area contributed by atoms with Crippen LogP contribution in [0.25, 0.3) is 0 Å². The normalized spacial score (nSPS) is 16.1. The first-order valence-corrected chi connectivity index (χ1v) is 9.27. The van der Waals surface area contributed by atoms with Crippen LogP contribution in [0, 0.1) is 0 Å². The number of pyridine rings is 1. The van der Waals surface area contributed by atoms with Gasteiger partial charge in [-0.25, -0.2) is 13.4 Å². The molecule has 0 saturated carbocycles. The molecule has 1 aromatic carbocycles. The van der Waals surface area contributed by atoms with Gasteiger partial charge >= 0.3 is 0 Å². The summed E-state index contributed by atoms with van der Waals surface area (Å²) in [5, 5.41) is 0.154. The van der Waals surface area contributed by atoms with E-state index in [0.717, 1.165) is 0 Å². The Morgan fingerprint density at radius 1 is 1.00 bits per heavy atom. The van der Waals surface area contributed by atoms with Gasteiger partial charge in [-0.3, -0.25) is 4.79 Å². The lowest BCUT2D eigenvalue weighted by Crippen LogP contribution is -2.50. The van der Waals surface area contributed by atoms with Crippen molar-refractivity contribution in [1.82, 2.24) is 14.2 Å². The van der Waals surface area contributed by atoms with Gasteiger partial charge in [0.1, 0.15) is 5.15 Å². The molecule has 8 heteroatoms. The van der Waals surface area contributed by atoms with E-state index in [1.54, 1.807) is 47.4 Å². The number of sulfonamides is 1. The average Bonchev–Trinajstić information content (AvgIpc) is 2.62. The number of rotatable bonds is 3. The summed E-state index contributed by atoms with van der Waals surface area (Å²) in [5.74, 6) is -0.232. The summed E-state index contributed by atoms with van der Waals surface area (Å²) in [4.78, 5) is 18.2. The van der Waals surface area contributed by atoms with Gasteiger partial charge in [-0.1, -0.05) is 29.8 Å². The Balaban J connectivity index is 1.70. The predicted octanol–water partition coefficient (Wildman–Crippen LogP) is 1.88. The van der Waals surface area contributed by atoms with Crippen molar-refractivity contribution in [1.29, 1.82) is 0 Å². The molecule has 0 bridgehead atoms. The van der Waals surface area contributed by atoms with E-state index in [1.165, 1.54) is 10.5 Å². The minimum atomic E-state index is -3.53. The highest BCUT2D eigenvalue weighted by atomic mass is 35.5. The fourth-order valence-electron chi connectivity index (χ4n) is 2.59. The highest BCUT2D eigenvalue weighted by Gasteiger charge is 2.30. The molecule has 1 aromatic heterocycles. The van der Waals surface area contributed by atoms with E-state index in [4.69, 9.17) is 11.6 Å². The van der Waals surface area contributed by atoms with Gasteiger partial charge in [0.25, 0.3) is 5.91 Å². The Kier molecular flexibility index (Phi) is 4.84. The summed E-state index contributed by atoms with van der Waals surface area (Å²) in [6.07, 6.45) is 1.52. The fraction of sp³-hybridized carbons (Fsp3) is 0.250. The van der Waals surface area contributed by atoms with E-state index in [9.17, 15) is 13.2 Å². The molecular formula is C16H16ClN3O3S. The SMILES string of the molecule is O=C(c1cccnc1Cl)N1CCN(S(=O)(=O)c2ccccc2)CC1. The molecule has 126 valence electrons. The molecule has 1 fully saturated rings. The Bertz CT molecular complexity index is 835. The topological polar surface area (TPSA) is 70.6 Å². The third-order valence-electron chi connectivity index (χ3n) is 3.90. The van der Waals surface area contributed by atoms with Crippen LogP contribution in [0.2, 0.25) is 5.15 Å². The minimum Gasteiger partial charge on any atom is -0.336 e. The zero-order chi connectivity index (χ0) is 17.2. The van der Waals surface area contributed by atoms with Gasteiger partial charge in [0.2, 0.25) is 10.0 Å². The van der Waals surface area contributed by atoms with E-state index < -0.39 is 10.0 Å². The average molecular weight is 366 g/mol. The summed E-state index contributed by atoms with van der Waals surface area (Å²) in [7, 11) is -3.53. The second kappa shape index (κ2) is 6.88. The quantitative estimate of drug-likeness (QED) is 0.779. The molecule has 0 unspecified atom stereocenters. The summed E-state index contributed by atoms with van der Waals surface area (Å²) in [5.41, 5.74) is 0.332. The Hall–Kier alpha value is -1.96. The number of hydrogen-bond acceptors (Lipinski definition) is 4. The van der Waals surface area contributed by atoms with Crippen LogP contribution in [0.1, 0.15) is 10.4 Å². The fourth-order valence-corrected chi connectivity index (χ4v) is 4.23. The Morgan fingerprint density at radius 2 is 1.67 bits per heavy atom. The van der Waals surface area contributed by atoms with Crippen molar-refractivity contribution >= 4 is 27.5 Å². The van der Waals surface area contributed by atoms with Gasteiger partial charge in [0, 0.05) is 32.4 Å². The predicted molar refractivity (Wildman–Crippen MR) is 90.4 cm³/mol. The maximum absolute atomic E-state index is 12.6. The number of piperazine rings is 1. The van der Waals surface area contributed by atoms with E-state index in [1.807, 2.05) is 0 Å². The van der Waals surface area contributed by atoms with Crippen molar-refractivity contribution in [2.45, 2.75) is 4.90 Å². The molecule has 2 heterocycles. The zero-order valence-corrected chi connectivity index (χ0v) is 14.4. The monoisotopic (exact) mass is 365 g/mol. The molecule has 0 spiro atoms. The van der Waals surface area contributed by atoms with Crippen LogP contribution in [-0.2, 0) is 10.0 Å². The number of nitrogens with zero attached hydrogens (tertiary/aromatic N) is 3. The van der Waals surface area contributed by atoms with Gasteiger partial charge in [-0.2, -0.15) is 4.31 Å². The molecule has 0 aliphatic carbocycles. The van der Waals surface area contributed by atoms with Crippen LogP contribution >= 0.6 is 11.6 Å². The van der Waals surface area contributed by atoms with Crippen LogP contribution < -0.4 is 0 Å². The Morgan fingerprint density at radius 3 is 2.29 bits per heavy atom. The number of carbonyl (C=O) groups is 1. The molecular weight excluding hydrogens is 350 g/mol. The molecule has 0 atom stereocenters. The number of amides is 1. The summed E-state index contributed by atoms with van der Waals surface area (Å²) in [6, 6.07) is 11.6. The van der Waals surface area contributed by atoms with Crippen molar-refractivity contribution in [3.05, 3.63) is 59.4 Å². The highest BCUT2D eigenvalue weighted by molar-refractivity contribution is 7.89. The van der Waals surface area contributed by atoms with Crippen molar-refractivity contribution in [2.24, 2.45) is 0 Å². The van der Waals surface area contributed by atoms with Gasteiger partial charge in [0.15, 0.2) is 0 Å². The second-order valence-electron chi connectivity index (χ2n) is 5.35. The highest BCUT2D eigenvalue weighted by Crippen LogP contribution is 2.19. The van der Waals surface area contributed by atoms with Crippen LogP contribution in [0.3, 0.4) is 0 Å². The smallest absolute Gasteiger partial charge is 0.257 e. The first-order chi connectivity index (χ1) is 11.5. The zero-order valence-electron chi connectivity index (χ0n) is 12.8. The van der Waals surface area contributed by atoms with Crippen molar-refractivity contribution in [2.75, 3.05) is 26.2 Å². The standard InChI is InChI=1S/C16H16ClN3O3S/c17-15-14(7-4-8-18-15)16(21)19-9-11-20(12-10-19)24(22,23)13-5-2-1-3-6-13/h1-8H,9-12H2. The minimum absolute atomic E-state index is 0.154. The van der Waals surface area contributed by atoms with Crippen molar-refractivity contribution < 1.29 is 13.2 Å². The number of benzene rings is 1. The number of halogens is 1. The number of hydrogen-bond donors (Lipinski definition) is 0. The van der Waals surface area contributed by atoms with Gasteiger partial charge in [-0.15, -0.1) is 0 Å². The van der Waals surface area contributed by atoms with Gasteiger partial charge < -0.3 is 4.90 Å². The molecule has 1 saturated heterocycles. The van der Waals surface area contributed by atoms with Crippen LogP contribution in [-0.4, -0.2) is 54.7 Å². The van der Waals surface area contributed by atoms with E-state index in [-0.39, 0.29) is 29.0 Å². The second-order valence-corrected chi connectivity index (χ2v) is 7.65. The van der Waals surface area contributed by atoms with Crippen LogP contribution in [0.5, 0.6) is 0 Å². The van der Waals surface area contributed by atoms with E-state index in [2.05, 4.69) is 4.98 Å². The maximum Gasteiger partial charge on any atom is 0.257 e. The molecule has 0 radical (unpaired) electrons. The lowest BCUT2D eigenvalue weighted by Gasteiger charge is -2.34. The molecule has 24 heavy (non-hydrogen) atoms. The molecule has 1 aliphatic heterocycles. The molecule has 1 aliphatic rings.